The molecule has 1 aliphatic heterocycles. The second kappa shape index (κ2) is 9.96. The fourth-order valence-corrected chi connectivity index (χ4v) is 5.20. The van der Waals surface area contributed by atoms with Gasteiger partial charge in [-0.2, -0.15) is 11.8 Å². The number of thiazole rings is 1. The van der Waals surface area contributed by atoms with Gasteiger partial charge in [-0.15, -0.1) is 11.3 Å². The first-order valence-electron chi connectivity index (χ1n) is 10.5. The van der Waals surface area contributed by atoms with Gasteiger partial charge in [0.05, 0.1) is 10.8 Å². The maximum absolute atomic E-state index is 12.8. The van der Waals surface area contributed by atoms with Crippen LogP contribution in [0.5, 0.6) is 0 Å². The molecule has 5 nitrogen and oxygen atoms in total. The Kier molecular flexibility index (Phi) is 7.58. The number of aromatic nitrogens is 1. The number of hydrogen-bond donors (Lipinski definition) is 1. The summed E-state index contributed by atoms with van der Waals surface area (Å²) < 4.78 is 0. The molecule has 1 aliphatic rings. The average Bonchev–Trinajstić information content (AvgIpc) is 3.22. The van der Waals surface area contributed by atoms with E-state index < -0.39 is 0 Å². The molecule has 1 fully saturated rings. The van der Waals surface area contributed by atoms with Crippen molar-refractivity contribution >= 4 is 40.6 Å². The third kappa shape index (κ3) is 5.64. The Hall–Kier alpha value is -1.86. The van der Waals surface area contributed by atoms with E-state index in [0.29, 0.717) is 17.4 Å². The van der Waals surface area contributed by atoms with E-state index in [0.717, 1.165) is 47.9 Å². The molecule has 162 valence electrons. The third-order valence-corrected chi connectivity index (χ3v) is 7.23. The number of thioether (sulfide) groups is 1. The number of nitrogens with one attached hydrogen (secondary N) is 1. The highest BCUT2D eigenvalue weighted by Crippen LogP contribution is 2.32. The molecule has 0 radical (unpaired) electrons. The predicted octanol–water partition coefficient (Wildman–Crippen LogP) is 5.15. The molecular weight excluding hydrogens is 414 g/mol. The highest BCUT2D eigenvalue weighted by atomic mass is 32.2. The number of carbonyl (C=O) groups excluding carboxylic acids is 2. The normalized spacial score (nSPS) is 15.3. The number of hydrogen-bond acceptors (Lipinski definition) is 5. The summed E-state index contributed by atoms with van der Waals surface area (Å²) in [6.07, 6.45) is 1.81. The Morgan fingerprint density at radius 1 is 1.23 bits per heavy atom. The summed E-state index contributed by atoms with van der Waals surface area (Å²) >= 11 is 3.22. The van der Waals surface area contributed by atoms with Crippen molar-refractivity contribution in [2.24, 2.45) is 0 Å². The third-order valence-electron chi connectivity index (χ3n) is 5.36. The monoisotopic (exact) mass is 445 g/mol. The Bertz CT molecular complexity index is 881. The number of carbonyl (C=O) groups is 2. The maximum Gasteiger partial charge on any atom is 0.275 e. The molecule has 2 aromatic rings. The minimum atomic E-state index is -0.168. The lowest BCUT2D eigenvalue weighted by Gasteiger charge is -2.31. The maximum atomic E-state index is 12.8. The fourth-order valence-electron chi connectivity index (χ4n) is 3.67. The number of likely N-dealkylation sites (tertiary alicyclic amines) is 1. The molecule has 30 heavy (non-hydrogen) atoms. The average molecular weight is 446 g/mol. The summed E-state index contributed by atoms with van der Waals surface area (Å²) in [4.78, 5) is 31.6. The fraction of sp³-hybridized carbons (Fsp3) is 0.522. The zero-order chi connectivity index (χ0) is 21.7. The molecule has 0 spiro atoms. The van der Waals surface area contributed by atoms with Crippen LogP contribution in [0, 0.1) is 0 Å². The lowest BCUT2D eigenvalue weighted by molar-refractivity contribution is -0.129. The van der Waals surface area contributed by atoms with Gasteiger partial charge in [0.15, 0.2) is 0 Å². The summed E-state index contributed by atoms with van der Waals surface area (Å²) in [7, 11) is 0. The number of piperidine rings is 1. The van der Waals surface area contributed by atoms with Gasteiger partial charge in [-0.05, 0) is 35.6 Å². The number of amides is 2. The molecular formula is C23H31N3O2S2. The quantitative estimate of drug-likeness (QED) is 0.668. The smallest absolute Gasteiger partial charge is 0.275 e. The Labute approximate surface area is 187 Å². The van der Waals surface area contributed by atoms with Crippen LogP contribution in [0.25, 0.3) is 0 Å². The molecule has 1 saturated heterocycles. The van der Waals surface area contributed by atoms with Gasteiger partial charge in [-0.25, -0.2) is 4.98 Å². The van der Waals surface area contributed by atoms with Gasteiger partial charge in [-0.3, -0.25) is 9.59 Å². The van der Waals surface area contributed by atoms with Crippen molar-refractivity contribution in [3.05, 3.63) is 45.9 Å². The Morgan fingerprint density at radius 2 is 1.93 bits per heavy atom. The second-order valence-electron chi connectivity index (χ2n) is 8.61. The van der Waals surface area contributed by atoms with Crippen molar-refractivity contribution in [3.63, 3.8) is 0 Å². The summed E-state index contributed by atoms with van der Waals surface area (Å²) in [6, 6.07) is 7.92. The highest BCUT2D eigenvalue weighted by molar-refractivity contribution is 7.99. The van der Waals surface area contributed by atoms with Crippen LogP contribution in [0.4, 0.5) is 5.69 Å². The van der Waals surface area contributed by atoms with Crippen LogP contribution in [0.1, 0.15) is 67.5 Å². The van der Waals surface area contributed by atoms with Crippen LogP contribution < -0.4 is 5.32 Å². The molecule has 1 aromatic heterocycles. The lowest BCUT2D eigenvalue weighted by Crippen LogP contribution is -2.39. The minimum Gasteiger partial charge on any atom is -0.342 e. The zero-order valence-corrected chi connectivity index (χ0v) is 19.9. The molecule has 0 atom stereocenters. The van der Waals surface area contributed by atoms with E-state index in [-0.39, 0.29) is 17.2 Å². The summed E-state index contributed by atoms with van der Waals surface area (Å²) in [5, 5.41) is 5.89. The molecule has 3 rings (SSSR count). The predicted molar refractivity (Wildman–Crippen MR) is 127 cm³/mol. The van der Waals surface area contributed by atoms with E-state index in [2.05, 4.69) is 44.1 Å². The van der Waals surface area contributed by atoms with E-state index in [9.17, 15) is 9.59 Å². The minimum absolute atomic E-state index is 0.0574. The molecule has 1 aromatic carbocycles. The number of nitrogens with zero attached hydrogens (tertiary/aromatic N) is 2. The molecule has 7 heteroatoms. The van der Waals surface area contributed by atoms with E-state index in [1.165, 1.54) is 0 Å². The van der Waals surface area contributed by atoms with Gasteiger partial charge >= 0.3 is 0 Å². The van der Waals surface area contributed by atoms with E-state index >= 15 is 0 Å². The van der Waals surface area contributed by atoms with Crippen LogP contribution in [-0.4, -0.2) is 46.3 Å². The summed E-state index contributed by atoms with van der Waals surface area (Å²) in [5.41, 5.74) is 2.35. The first-order chi connectivity index (χ1) is 14.3. The van der Waals surface area contributed by atoms with E-state index in [1.54, 1.807) is 23.1 Å². The molecule has 2 amide bonds. The van der Waals surface area contributed by atoms with E-state index in [4.69, 9.17) is 0 Å². The van der Waals surface area contributed by atoms with Gasteiger partial charge in [0, 0.05) is 30.1 Å². The lowest BCUT2D eigenvalue weighted by atomic mass is 9.86. The van der Waals surface area contributed by atoms with Crippen molar-refractivity contribution in [2.75, 3.05) is 29.9 Å². The van der Waals surface area contributed by atoms with Crippen LogP contribution in [0.2, 0.25) is 0 Å². The second-order valence-corrected chi connectivity index (χ2v) is 10.8. The SMILES string of the molecule is CCSCC(=O)N1CCC(c2nc(C(=O)Nc3ccccc3C(C)(C)C)cs2)CC1. The Balaban J connectivity index is 1.61. The van der Waals surface area contributed by atoms with Crippen LogP contribution >= 0.6 is 23.1 Å². The van der Waals surface area contributed by atoms with Crippen LogP contribution in [0.15, 0.2) is 29.6 Å². The molecule has 2 heterocycles. The first kappa shape index (κ1) is 22.8. The van der Waals surface area contributed by atoms with Crippen LogP contribution in [-0.2, 0) is 10.2 Å². The van der Waals surface area contributed by atoms with Gasteiger partial charge < -0.3 is 10.2 Å². The number of anilines is 1. The largest absolute Gasteiger partial charge is 0.342 e. The van der Waals surface area contributed by atoms with Gasteiger partial charge in [-0.1, -0.05) is 45.9 Å². The highest BCUT2D eigenvalue weighted by Gasteiger charge is 2.26. The van der Waals surface area contributed by atoms with Crippen molar-refractivity contribution in [3.8, 4) is 0 Å². The van der Waals surface area contributed by atoms with Gasteiger partial charge in [0.1, 0.15) is 5.69 Å². The molecule has 1 N–H and O–H groups in total. The number of rotatable bonds is 6. The van der Waals surface area contributed by atoms with Crippen molar-refractivity contribution < 1.29 is 9.59 Å². The first-order valence-corrected chi connectivity index (χ1v) is 12.5. The van der Waals surface area contributed by atoms with Crippen LogP contribution in [0.3, 0.4) is 0 Å². The molecule has 0 saturated carbocycles. The number of benzene rings is 1. The topological polar surface area (TPSA) is 62.3 Å². The standard InChI is InChI=1S/C23H31N3O2S2/c1-5-29-15-20(27)26-12-10-16(11-13-26)22-25-19(14-30-22)21(28)24-18-9-7-6-8-17(18)23(2,3)4/h6-9,14,16H,5,10-13,15H2,1-4H3,(H,24,28). The van der Waals surface area contributed by atoms with E-state index in [1.807, 2.05) is 28.5 Å². The van der Waals surface area contributed by atoms with Crippen molar-refractivity contribution in [1.29, 1.82) is 0 Å². The van der Waals surface area contributed by atoms with Crippen molar-refractivity contribution in [1.82, 2.24) is 9.88 Å². The van der Waals surface area contributed by atoms with Gasteiger partial charge in [0.25, 0.3) is 5.91 Å². The van der Waals surface area contributed by atoms with Crippen molar-refractivity contribution in [2.45, 2.75) is 51.9 Å². The summed E-state index contributed by atoms with van der Waals surface area (Å²) in [5.74, 6) is 1.92. The van der Waals surface area contributed by atoms with Gasteiger partial charge in [0.2, 0.25) is 5.91 Å². The zero-order valence-electron chi connectivity index (χ0n) is 18.2. The molecule has 0 unspecified atom stereocenters. The Morgan fingerprint density at radius 3 is 2.60 bits per heavy atom. The summed E-state index contributed by atoms with van der Waals surface area (Å²) in [6.45, 7) is 10.0. The molecule has 0 aliphatic carbocycles. The molecule has 0 bridgehead atoms. The number of para-hydroxylation sites is 1.